The summed E-state index contributed by atoms with van der Waals surface area (Å²) in [6.45, 7) is 3.83. The molecule has 2 aliphatic rings. The van der Waals surface area contributed by atoms with Crippen LogP contribution >= 0.6 is 0 Å². The van der Waals surface area contributed by atoms with Gasteiger partial charge in [-0.3, -0.25) is 4.79 Å². The summed E-state index contributed by atoms with van der Waals surface area (Å²) in [5.41, 5.74) is 1.26. The van der Waals surface area contributed by atoms with Gasteiger partial charge in [-0.15, -0.1) is 0 Å². The monoisotopic (exact) mass is 277 g/mol. The second-order valence-electron chi connectivity index (χ2n) is 5.66. The van der Waals surface area contributed by atoms with Gasteiger partial charge in [0.1, 0.15) is 11.3 Å². The van der Waals surface area contributed by atoms with Crippen molar-refractivity contribution >= 4 is 12.0 Å². The zero-order valence-electron chi connectivity index (χ0n) is 11.6. The van der Waals surface area contributed by atoms with E-state index in [1.165, 1.54) is 0 Å². The largest absolute Gasteiger partial charge is 0.441 e. The third-order valence-corrected chi connectivity index (χ3v) is 4.11. The number of rotatable bonds is 1. The van der Waals surface area contributed by atoms with E-state index in [0.717, 1.165) is 18.4 Å². The van der Waals surface area contributed by atoms with Crippen LogP contribution in [0.4, 0.5) is 4.79 Å². The van der Waals surface area contributed by atoms with Gasteiger partial charge in [0.25, 0.3) is 5.91 Å². The number of carbonyl (C=O) groups is 2. The summed E-state index contributed by atoms with van der Waals surface area (Å²) in [5, 5.41) is 2.72. The van der Waals surface area contributed by atoms with E-state index in [0.29, 0.717) is 31.7 Å². The second kappa shape index (κ2) is 4.85. The Bertz CT molecular complexity index is 540. The number of ether oxygens (including phenoxy) is 1. The quantitative estimate of drug-likeness (QED) is 0.815. The Kier molecular flexibility index (Phi) is 3.16. The maximum atomic E-state index is 12.4. The number of hydrogen-bond donors (Lipinski definition) is 2. The first-order chi connectivity index (χ1) is 9.58. The van der Waals surface area contributed by atoms with Crippen LogP contribution in [0.3, 0.4) is 0 Å². The van der Waals surface area contributed by atoms with Gasteiger partial charge in [0, 0.05) is 25.7 Å². The molecular weight excluding hydrogens is 258 g/mol. The minimum atomic E-state index is -0.419. The van der Waals surface area contributed by atoms with Gasteiger partial charge in [-0.2, -0.15) is 0 Å². The second-order valence-corrected chi connectivity index (χ2v) is 5.66. The molecule has 2 aliphatic heterocycles. The molecule has 3 heterocycles. The SMILES string of the molecule is Cc1c[nH]c(C(=O)N2CCC[C@]3(CC2)CNC(=O)O3)c1. The van der Waals surface area contributed by atoms with Crippen LogP contribution in [-0.4, -0.2) is 47.1 Å². The molecular formula is C14H19N3O3. The Hall–Kier alpha value is -1.98. The number of likely N-dealkylation sites (tertiary alicyclic amines) is 1. The third-order valence-electron chi connectivity index (χ3n) is 4.11. The Balaban J connectivity index is 1.68. The van der Waals surface area contributed by atoms with Gasteiger partial charge in [0.15, 0.2) is 0 Å². The molecule has 108 valence electrons. The number of nitrogens with zero attached hydrogens (tertiary/aromatic N) is 1. The van der Waals surface area contributed by atoms with Crippen molar-refractivity contribution in [3.8, 4) is 0 Å². The van der Waals surface area contributed by atoms with Crippen LogP contribution < -0.4 is 5.32 Å². The summed E-state index contributed by atoms with van der Waals surface area (Å²) in [6.07, 6.45) is 3.83. The van der Waals surface area contributed by atoms with Gasteiger partial charge in [-0.05, 0) is 31.4 Å². The number of H-pyrrole nitrogens is 1. The molecule has 0 bridgehead atoms. The van der Waals surface area contributed by atoms with Crippen molar-refractivity contribution in [3.63, 3.8) is 0 Å². The van der Waals surface area contributed by atoms with E-state index in [4.69, 9.17) is 4.74 Å². The zero-order chi connectivity index (χ0) is 14.2. The van der Waals surface area contributed by atoms with Crippen molar-refractivity contribution in [2.24, 2.45) is 0 Å². The summed E-state index contributed by atoms with van der Waals surface area (Å²) in [4.78, 5) is 28.5. The maximum Gasteiger partial charge on any atom is 0.407 e. The van der Waals surface area contributed by atoms with E-state index in [-0.39, 0.29) is 12.0 Å². The topological polar surface area (TPSA) is 74.4 Å². The van der Waals surface area contributed by atoms with E-state index in [1.54, 1.807) is 0 Å². The molecule has 2 N–H and O–H groups in total. The molecule has 2 fully saturated rings. The Morgan fingerprint density at radius 1 is 1.40 bits per heavy atom. The lowest BCUT2D eigenvalue weighted by molar-refractivity contribution is 0.0438. The maximum absolute atomic E-state index is 12.4. The molecule has 1 aromatic heterocycles. The summed E-state index contributed by atoms with van der Waals surface area (Å²) < 4.78 is 5.41. The van der Waals surface area contributed by atoms with Crippen molar-refractivity contribution in [2.75, 3.05) is 19.6 Å². The van der Waals surface area contributed by atoms with Crippen LogP contribution in [0.15, 0.2) is 12.3 Å². The van der Waals surface area contributed by atoms with Crippen LogP contribution in [0.25, 0.3) is 0 Å². The van der Waals surface area contributed by atoms with Crippen molar-refractivity contribution in [2.45, 2.75) is 31.8 Å². The number of aromatic amines is 1. The van der Waals surface area contributed by atoms with Crippen molar-refractivity contribution in [3.05, 3.63) is 23.5 Å². The third kappa shape index (κ3) is 2.37. The molecule has 2 amide bonds. The first kappa shape index (κ1) is 13.0. The minimum absolute atomic E-state index is 0.0208. The average Bonchev–Trinajstić information content (AvgIpc) is 2.93. The Morgan fingerprint density at radius 3 is 2.90 bits per heavy atom. The molecule has 0 radical (unpaired) electrons. The Labute approximate surface area is 117 Å². The smallest absolute Gasteiger partial charge is 0.407 e. The molecule has 1 atom stereocenters. The summed E-state index contributed by atoms with van der Waals surface area (Å²) >= 11 is 0. The highest BCUT2D eigenvalue weighted by atomic mass is 16.6. The molecule has 0 unspecified atom stereocenters. The van der Waals surface area contributed by atoms with Gasteiger partial charge in [-0.1, -0.05) is 0 Å². The molecule has 1 spiro atoms. The molecule has 2 saturated heterocycles. The molecule has 0 aromatic carbocycles. The molecule has 6 heteroatoms. The normalized spacial score (nSPS) is 26.2. The first-order valence-electron chi connectivity index (χ1n) is 6.99. The number of nitrogens with one attached hydrogen (secondary N) is 2. The number of alkyl carbamates (subject to hydrolysis) is 1. The fraction of sp³-hybridized carbons (Fsp3) is 0.571. The van der Waals surface area contributed by atoms with Gasteiger partial charge < -0.3 is 19.9 Å². The highest BCUT2D eigenvalue weighted by Crippen LogP contribution is 2.29. The minimum Gasteiger partial charge on any atom is -0.441 e. The van der Waals surface area contributed by atoms with E-state index >= 15 is 0 Å². The Morgan fingerprint density at radius 2 is 2.25 bits per heavy atom. The van der Waals surface area contributed by atoms with E-state index in [1.807, 2.05) is 24.1 Å². The predicted octanol–water partition coefficient (Wildman–Crippen LogP) is 1.43. The summed E-state index contributed by atoms with van der Waals surface area (Å²) in [5.74, 6) is 0.0208. The van der Waals surface area contributed by atoms with Gasteiger partial charge in [-0.25, -0.2) is 4.79 Å². The van der Waals surface area contributed by atoms with E-state index in [9.17, 15) is 9.59 Å². The van der Waals surface area contributed by atoms with Crippen molar-refractivity contribution < 1.29 is 14.3 Å². The average molecular weight is 277 g/mol. The zero-order valence-corrected chi connectivity index (χ0v) is 11.6. The molecule has 6 nitrogen and oxygen atoms in total. The first-order valence-corrected chi connectivity index (χ1v) is 6.99. The molecule has 3 rings (SSSR count). The molecule has 20 heavy (non-hydrogen) atoms. The van der Waals surface area contributed by atoms with Crippen LogP contribution in [0.5, 0.6) is 0 Å². The lowest BCUT2D eigenvalue weighted by atomic mass is 9.95. The van der Waals surface area contributed by atoms with Crippen LogP contribution in [0.2, 0.25) is 0 Å². The van der Waals surface area contributed by atoms with E-state index < -0.39 is 5.60 Å². The van der Waals surface area contributed by atoms with Crippen molar-refractivity contribution in [1.82, 2.24) is 15.2 Å². The van der Waals surface area contributed by atoms with E-state index in [2.05, 4.69) is 10.3 Å². The highest BCUT2D eigenvalue weighted by Gasteiger charge is 2.41. The van der Waals surface area contributed by atoms with Crippen LogP contribution in [-0.2, 0) is 4.74 Å². The number of aromatic nitrogens is 1. The predicted molar refractivity (Wildman–Crippen MR) is 72.5 cm³/mol. The molecule has 0 aliphatic carbocycles. The van der Waals surface area contributed by atoms with Gasteiger partial charge in [0.2, 0.25) is 0 Å². The van der Waals surface area contributed by atoms with Crippen molar-refractivity contribution in [1.29, 1.82) is 0 Å². The van der Waals surface area contributed by atoms with Crippen LogP contribution in [0.1, 0.15) is 35.3 Å². The standard InChI is InChI=1S/C14H19N3O3/c1-10-7-11(15-8-10)12(18)17-5-2-3-14(4-6-17)9-16-13(19)20-14/h7-8,15H,2-6,9H2,1H3,(H,16,19)/t14-/m0/s1. The summed E-state index contributed by atoms with van der Waals surface area (Å²) in [6, 6.07) is 1.86. The number of amides is 2. The number of aryl methyl sites for hydroxylation is 1. The summed E-state index contributed by atoms with van der Waals surface area (Å²) in [7, 11) is 0. The number of carbonyl (C=O) groups excluding carboxylic acids is 2. The fourth-order valence-electron chi connectivity index (χ4n) is 2.95. The molecule has 1 aromatic rings. The lowest BCUT2D eigenvalue weighted by Crippen LogP contribution is -2.36. The van der Waals surface area contributed by atoms with Crippen LogP contribution in [0, 0.1) is 6.92 Å². The fourth-order valence-corrected chi connectivity index (χ4v) is 2.95. The highest BCUT2D eigenvalue weighted by molar-refractivity contribution is 5.92. The van der Waals surface area contributed by atoms with Gasteiger partial charge >= 0.3 is 6.09 Å². The molecule has 0 saturated carbocycles. The number of hydrogen-bond acceptors (Lipinski definition) is 3. The van der Waals surface area contributed by atoms with Gasteiger partial charge in [0.05, 0.1) is 6.54 Å². The lowest BCUT2D eigenvalue weighted by Gasteiger charge is -2.24.